The average Bonchev–Trinajstić information content (AvgIpc) is 3.58. The normalized spacial score (nSPS) is 14.7. The summed E-state index contributed by atoms with van der Waals surface area (Å²) >= 11 is 0. The van der Waals surface area contributed by atoms with Gasteiger partial charge in [-0.1, -0.05) is 36.4 Å². The van der Waals surface area contributed by atoms with Crippen molar-refractivity contribution in [1.29, 1.82) is 0 Å². The van der Waals surface area contributed by atoms with Gasteiger partial charge in [-0.3, -0.25) is 4.99 Å². The molecule has 1 aliphatic carbocycles. The Morgan fingerprint density at radius 3 is 2.27 bits per heavy atom. The van der Waals surface area contributed by atoms with Crippen molar-refractivity contribution in [1.82, 2.24) is 10.6 Å². The van der Waals surface area contributed by atoms with Crippen LogP contribution >= 0.6 is 0 Å². The number of methoxy groups -OCH3 is 3. The fourth-order valence-corrected chi connectivity index (χ4v) is 3.73. The zero-order chi connectivity index (χ0) is 21.4. The minimum absolute atomic E-state index is 0.205. The minimum atomic E-state index is 0.205. The number of nitrogens with zero attached hydrogens (tertiary/aromatic N) is 1. The average molecular weight is 412 g/mol. The van der Waals surface area contributed by atoms with Gasteiger partial charge in [-0.2, -0.15) is 0 Å². The molecule has 0 heterocycles. The van der Waals surface area contributed by atoms with Gasteiger partial charge in [0.1, 0.15) is 0 Å². The summed E-state index contributed by atoms with van der Waals surface area (Å²) in [5.41, 5.74) is 2.65. The molecule has 1 aliphatic rings. The fourth-order valence-electron chi connectivity index (χ4n) is 3.73. The lowest BCUT2D eigenvalue weighted by atomic mass is 9.96. The lowest BCUT2D eigenvalue weighted by molar-refractivity contribution is 0.322. The summed E-state index contributed by atoms with van der Waals surface area (Å²) in [6.07, 6.45) is 3.17. The maximum absolute atomic E-state index is 5.59. The molecule has 0 radical (unpaired) electrons. The van der Waals surface area contributed by atoms with Crippen LogP contribution in [0.1, 0.15) is 30.9 Å². The van der Waals surface area contributed by atoms with Crippen molar-refractivity contribution in [3.05, 3.63) is 53.6 Å². The summed E-state index contributed by atoms with van der Waals surface area (Å²) in [4.78, 5) is 4.88. The van der Waals surface area contributed by atoms with E-state index in [2.05, 4.69) is 47.9 Å². The molecule has 0 aliphatic heterocycles. The highest BCUT2D eigenvalue weighted by Gasteiger charge is 2.43. The molecular formula is C24H33N3O3. The zero-order valence-electron chi connectivity index (χ0n) is 18.5. The van der Waals surface area contributed by atoms with Crippen LogP contribution in [0, 0.1) is 0 Å². The quantitative estimate of drug-likeness (QED) is 0.462. The van der Waals surface area contributed by atoms with Crippen molar-refractivity contribution in [2.75, 3.05) is 41.0 Å². The van der Waals surface area contributed by atoms with E-state index < -0.39 is 0 Å². The Bertz CT molecular complexity index is 848. The highest BCUT2D eigenvalue weighted by atomic mass is 16.5. The van der Waals surface area contributed by atoms with Crippen molar-refractivity contribution in [2.24, 2.45) is 4.99 Å². The Hall–Kier alpha value is -2.89. The molecule has 0 unspecified atom stereocenters. The van der Waals surface area contributed by atoms with E-state index in [1.807, 2.05) is 12.1 Å². The molecule has 0 aromatic heterocycles. The van der Waals surface area contributed by atoms with Crippen LogP contribution in [-0.4, -0.2) is 46.9 Å². The van der Waals surface area contributed by atoms with E-state index in [0.29, 0.717) is 17.2 Å². The Kier molecular flexibility index (Phi) is 7.44. The third-order valence-electron chi connectivity index (χ3n) is 5.60. The van der Waals surface area contributed by atoms with Gasteiger partial charge in [-0.25, -0.2) is 0 Å². The highest BCUT2D eigenvalue weighted by Crippen LogP contribution is 2.48. The van der Waals surface area contributed by atoms with Gasteiger partial charge in [-0.05, 0) is 37.8 Å². The monoisotopic (exact) mass is 411 g/mol. The van der Waals surface area contributed by atoms with E-state index in [1.165, 1.54) is 18.4 Å². The van der Waals surface area contributed by atoms with Crippen LogP contribution in [0.25, 0.3) is 0 Å². The van der Waals surface area contributed by atoms with Gasteiger partial charge in [0, 0.05) is 24.1 Å². The fraction of sp³-hybridized carbons (Fsp3) is 0.458. The molecule has 0 amide bonds. The SMILES string of the molecule is CCNC(=NCC1(c2ccccc2)CC1)NCCc1ccc(OC)c(OC)c1OC. The number of benzene rings is 2. The second-order valence-corrected chi connectivity index (χ2v) is 7.51. The van der Waals surface area contributed by atoms with E-state index in [0.717, 1.165) is 37.6 Å². The van der Waals surface area contributed by atoms with Gasteiger partial charge in [0.2, 0.25) is 5.75 Å². The number of hydrogen-bond acceptors (Lipinski definition) is 4. The van der Waals surface area contributed by atoms with Crippen molar-refractivity contribution in [2.45, 2.75) is 31.6 Å². The lowest BCUT2D eigenvalue weighted by Gasteiger charge is -2.17. The van der Waals surface area contributed by atoms with Crippen LogP contribution in [-0.2, 0) is 11.8 Å². The first-order valence-electron chi connectivity index (χ1n) is 10.5. The number of aliphatic imine (C=N–C) groups is 1. The predicted octanol–water partition coefficient (Wildman–Crippen LogP) is 3.54. The predicted molar refractivity (Wildman–Crippen MR) is 121 cm³/mol. The van der Waals surface area contributed by atoms with Crippen molar-refractivity contribution in [3.63, 3.8) is 0 Å². The first-order chi connectivity index (χ1) is 14.7. The minimum Gasteiger partial charge on any atom is -0.493 e. The zero-order valence-corrected chi connectivity index (χ0v) is 18.5. The molecule has 162 valence electrons. The second-order valence-electron chi connectivity index (χ2n) is 7.51. The van der Waals surface area contributed by atoms with Gasteiger partial charge in [0.15, 0.2) is 17.5 Å². The molecule has 30 heavy (non-hydrogen) atoms. The van der Waals surface area contributed by atoms with Crippen LogP contribution in [0.5, 0.6) is 17.2 Å². The molecule has 2 aromatic rings. The van der Waals surface area contributed by atoms with E-state index in [1.54, 1.807) is 21.3 Å². The molecule has 1 fully saturated rings. The van der Waals surface area contributed by atoms with E-state index in [4.69, 9.17) is 19.2 Å². The highest BCUT2D eigenvalue weighted by molar-refractivity contribution is 5.79. The van der Waals surface area contributed by atoms with Gasteiger partial charge in [0.25, 0.3) is 0 Å². The largest absolute Gasteiger partial charge is 0.493 e. The standard InChI is InChI=1S/C24H33N3O3/c1-5-25-23(27-17-24(14-15-24)19-9-7-6-8-10-19)26-16-13-18-11-12-20(28-2)22(30-4)21(18)29-3/h6-12H,5,13-17H2,1-4H3,(H2,25,26,27). The number of nitrogens with one attached hydrogen (secondary N) is 2. The second kappa shape index (κ2) is 10.2. The number of ether oxygens (including phenoxy) is 3. The summed E-state index contributed by atoms with van der Waals surface area (Å²) in [5, 5.41) is 6.80. The lowest BCUT2D eigenvalue weighted by Crippen LogP contribution is -2.39. The first kappa shape index (κ1) is 21.8. The Balaban J connectivity index is 1.64. The topological polar surface area (TPSA) is 64.1 Å². The van der Waals surface area contributed by atoms with Crippen molar-refractivity contribution < 1.29 is 14.2 Å². The van der Waals surface area contributed by atoms with Crippen molar-refractivity contribution in [3.8, 4) is 17.2 Å². The van der Waals surface area contributed by atoms with Gasteiger partial charge in [-0.15, -0.1) is 0 Å². The molecule has 2 aromatic carbocycles. The van der Waals surface area contributed by atoms with Gasteiger partial charge < -0.3 is 24.8 Å². The van der Waals surface area contributed by atoms with E-state index in [-0.39, 0.29) is 5.41 Å². The summed E-state index contributed by atoms with van der Waals surface area (Å²) in [6.45, 7) is 4.44. The molecule has 6 heteroatoms. The van der Waals surface area contributed by atoms with Crippen LogP contribution in [0.4, 0.5) is 0 Å². The van der Waals surface area contributed by atoms with Gasteiger partial charge >= 0.3 is 0 Å². The molecular weight excluding hydrogens is 378 g/mol. The van der Waals surface area contributed by atoms with Crippen LogP contribution < -0.4 is 24.8 Å². The smallest absolute Gasteiger partial charge is 0.203 e. The van der Waals surface area contributed by atoms with Crippen LogP contribution in [0.15, 0.2) is 47.5 Å². The summed E-state index contributed by atoms with van der Waals surface area (Å²) in [7, 11) is 4.90. The van der Waals surface area contributed by atoms with Crippen molar-refractivity contribution >= 4 is 5.96 Å². The van der Waals surface area contributed by atoms with E-state index in [9.17, 15) is 0 Å². The number of hydrogen-bond donors (Lipinski definition) is 2. The van der Waals surface area contributed by atoms with Gasteiger partial charge in [0.05, 0.1) is 27.9 Å². The maximum Gasteiger partial charge on any atom is 0.203 e. The third kappa shape index (κ3) is 4.99. The van der Waals surface area contributed by atoms with E-state index >= 15 is 0 Å². The summed E-state index contributed by atoms with van der Waals surface area (Å²) < 4.78 is 16.4. The molecule has 3 rings (SSSR count). The summed E-state index contributed by atoms with van der Waals surface area (Å²) in [6, 6.07) is 14.6. The molecule has 0 atom stereocenters. The summed E-state index contributed by atoms with van der Waals surface area (Å²) in [5.74, 6) is 2.84. The molecule has 0 saturated heterocycles. The Morgan fingerprint density at radius 1 is 0.933 bits per heavy atom. The van der Waals surface area contributed by atoms with Crippen LogP contribution in [0.3, 0.4) is 0 Å². The first-order valence-corrected chi connectivity index (χ1v) is 10.5. The molecule has 1 saturated carbocycles. The Labute approximate surface area is 179 Å². The van der Waals surface area contributed by atoms with Crippen LogP contribution in [0.2, 0.25) is 0 Å². The Morgan fingerprint density at radius 2 is 1.67 bits per heavy atom. The third-order valence-corrected chi connectivity index (χ3v) is 5.60. The number of rotatable bonds is 10. The maximum atomic E-state index is 5.59. The molecule has 0 bridgehead atoms. The molecule has 2 N–H and O–H groups in total. The molecule has 6 nitrogen and oxygen atoms in total. The number of guanidine groups is 1. The molecule has 0 spiro atoms.